The molecule has 0 heterocycles. The second-order valence-electron chi connectivity index (χ2n) is 2.94. The molecule has 0 aliphatic rings. The van der Waals surface area contributed by atoms with E-state index in [9.17, 15) is 9.59 Å². The number of rotatable bonds is 3. The maximum absolute atomic E-state index is 11.1. The normalized spacial score (nSPS) is 10.9. The van der Waals surface area contributed by atoms with E-state index in [1.165, 1.54) is 14.1 Å². The molecule has 70 valence electrons. The Morgan fingerprint density at radius 3 is 2.25 bits per heavy atom. The molecule has 0 unspecified atom stereocenters. The lowest BCUT2D eigenvalue weighted by atomic mass is 10.5. The van der Waals surface area contributed by atoms with Gasteiger partial charge in [-0.1, -0.05) is 0 Å². The zero-order valence-corrected chi connectivity index (χ0v) is 7.53. The summed E-state index contributed by atoms with van der Waals surface area (Å²) in [6.45, 7) is 1.68. The number of carboxylic acid groups (broad SMARTS) is 1. The molecule has 0 saturated heterocycles. The number of nitrogens with zero attached hydrogens (tertiary/aromatic N) is 1. The highest BCUT2D eigenvalue weighted by Crippen LogP contribution is 2.00. The molecular formula is C7H14NO4+. The first-order chi connectivity index (χ1) is 5.40. The van der Waals surface area contributed by atoms with E-state index in [2.05, 4.69) is 4.74 Å². The van der Waals surface area contributed by atoms with Gasteiger partial charge in [0.1, 0.15) is 0 Å². The number of quaternary nitrogens is 1. The van der Waals surface area contributed by atoms with Crippen molar-refractivity contribution in [3.63, 3.8) is 0 Å². The van der Waals surface area contributed by atoms with Crippen LogP contribution in [-0.2, 0) is 9.53 Å². The highest BCUT2D eigenvalue weighted by molar-refractivity contribution is 5.71. The van der Waals surface area contributed by atoms with Crippen molar-refractivity contribution < 1.29 is 23.9 Å². The van der Waals surface area contributed by atoms with Gasteiger partial charge in [0.15, 0.2) is 6.54 Å². The Morgan fingerprint density at radius 2 is 1.92 bits per heavy atom. The average Bonchev–Trinajstić information content (AvgIpc) is 1.85. The van der Waals surface area contributed by atoms with Gasteiger partial charge >= 0.3 is 12.1 Å². The fourth-order valence-electron chi connectivity index (χ4n) is 0.701. The minimum atomic E-state index is -1.02. The Bertz CT molecular complexity index is 188. The molecule has 5 nitrogen and oxygen atoms in total. The molecule has 0 saturated carbocycles. The highest BCUT2D eigenvalue weighted by atomic mass is 16.6. The highest BCUT2D eigenvalue weighted by Gasteiger charge is 2.30. The lowest BCUT2D eigenvalue weighted by Crippen LogP contribution is -2.49. The fraction of sp³-hybridized carbons (Fsp3) is 0.714. The lowest BCUT2D eigenvalue weighted by Gasteiger charge is -2.22. The van der Waals surface area contributed by atoms with E-state index in [4.69, 9.17) is 5.11 Å². The monoisotopic (exact) mass is 176 g/mol. The number of aliphatic carboxylic acids is 1. The van der Waals surface area contributed by atoms with Crippen molar-refractivity contribution in [2.45, 2.75) is 6.92 Å². The molecule has 0 aromatic heterocycles. The van der Waals surface area contributed by atoms with Gasteiger partial charge in [0.05, 0.1) is 20.7 Å². The van der Waals surface area contributed by atoms with Gasteiger partial charge in [-0.15, -0.1) is 0 Å². The standard InChI is InChI=1S/C7H13NO4/c1-4-12-7(11)8(2,3)5-6(9)10/h4-5H2,1-3H3/p+1. The van der Waals surface area contributed by atoms with Gasteiger partial charge in [0, 0.05) is 0 Å². The molecule has 0 atom stereocenters. The van der Waals surface area contributed by atoms with Crippen LogP contribution in [0.3, 0.4) is 0 Å². The van der Waals surface area contributed by atoms with Gasteiger partial charge in [0.2, 0.25) is 0 Å². The van der Waals surface area contributed by atoms with E-state index in [1.807, 2.05) is 0 Å². The predicted octanol–water partition coefficient (Wildman–Crippen LogP) is 0.304. The van der Waals surface area contributed by atoms with Crippen molar-refractivity contribution in [2.75, 3.05) is 27.2 Å². The molecule has 0 aromatic carbocycles. The second-order valence-corrected chi connectivity index (χ2v) is 2.94. The number of amides is 1. The SMILES string of the molecule is CCOC(=O)[N+](C)(C)CC(=O)O. The number of carbonyl (C=O) groups excluding carboxylic acids is 1. The third-order valence-electron chi connectivity index (χ3n) is 1.29. The van der Waals surface area contributed by atoms with Crippen LogP contribution in [0.25, 0.3) is 0 Å². The second kappa shape index (κ2) is 4.06. The van der Waals surface area contributed by atoms with Crippen LogP contribution in [0.15, 0.2) is 0 Å². The van der Waals surface area contributed by atoms with Gasteiger partial charge < -0.3 is 9.84 Å². The van der Waals surface area contributed by atoms with E-state index >= 15 is 0 Å². The van der Waals surface area contributed by atoms with E-state index < -0.39 is 12.1 Å². The number of ether oxygens (including phenoxy) is 1. The summed E-state index contributed by atoms with van der Waals surface area (Å²) in [5.74, 6) is -1.02. The van der Waals surface area contributed by atoms with Crippen LogP contribution in [0, 0.1) is 0 Å². The first-order valence-electron chi connectivity index (χ1n) is 3.62. The number of hydrogen-bond acceptors (Lipinski definition) is 3. The molecule has 0 aliphatic carbocycles. The number of carbonyl (C=O) groups is 2. The van der Waals surface area contributed by atoms with Gasteiger partial charge in [-0.2, -0.15) is 4.79 Å². The molecule has 1 N–H and O–H groups in total. The molecule has 0 radical (unpaired) electrons. The Morgan fingerprint density at radius 1 is 1.42 bits per heavy atom. The number of carboxylic acids is 1. The van der Waals surface area contributed by atoms with Crippen molar-refractivity contribution in [3.05, 3.63) is 0 Å². The summed E-state index contributed by atoms with van der Waals surface area (Å²) in [7, 11) is 2.98. The Labute approximate surface area is 71.1 Å². The largest absolute Gasteiger partial charge is 0.516 e. The summed E-state index contributed by atoms with van der Waals surface area (Å²) >= 11 is 0. The maximum Gasteiger partial charge on any atom is 0.516 e. The summed E-state index contributed by atoms with van der Waals surface area (Å²) in [6.07, 6.45) is -0.528. The quantitative estimate of drug-likeness (QED) is 0.628. The third-order valence-corrected chi connectivity index (χ3v) is 1.29. The molecule has 1 amide bonds. The van der Waals surface area contributed by atoms with Crippen molar-refractivity contribution >= 4 is 12.1 Å². The zero-order valence-electron chi connectivity index (χ0n) is 7.53. The van der Waals surface area contributed by atoms with Gasteiger partial charge in [-0.25, -0.2) is 9.28 Å². The molecule has 12 heavy (non-hydrogen) atoms. The Balaban J connectivity index is 4.18. The zero-order chi connectivity index (χ0) is 9.78. The molecule has 0 rings (SSSR count). The number of likely N-dealkylation sites (N-methyl/N-ethyl adjacent to an activating group) is 1. The minimum absolute atomic E-state index is 0.264. The smallest absolute Gasteiger partial charge is 0.477 e. The fourth-order valence-corrected chi connectivity index (χ4v) is 0.701. The number of hydrogen-bond donors (Lipinski definition) is 1. The maximum atomic E-state index is 11.1. The van der Waals surface area contributed by atoms with Gasteiger partial charge in [-0.3, -0.25) is 0 Å². The van der Waals surface area contributed by atoms with Crippen LogP contribution in [-0.4, -0.2) is 48.9 Å². The average molecular weight is 176 g/mol. The predicted molar refractivity (Wildman–Crippen MR) is 41.6 cm³/mol. The first-order valence-corrected chi connectivity index (χ1v) is 3.62. The van der Waals surface area contributed by atoms with Crippen LogP contribution < -0.4 is 0 Å². The van der Waals surface area contributed by atoms with Crippen molar-refractivity contribution in [3.8, 4) is 0 Å². The van der Waals surface area contributed by atoms with Crippen LogP contribution in [0.5, 0.6) is 0 Å². The topological polar surface area (TPSA) is 63.6 Å². The van der Waals surface area contributed by atoms with Crippen LogP contribution in [0.2, 0.25) is 0 Å². The minimum Gasteiger partial charge on any atom is -0.477 e. The van der Waals surface area contributed by atoms with Crippen molar-refractivity contribution in [2.24, 2.45) is 0 Å². The Hall–Kier alpha value is -1.10. The summed E-state index contributed by atoms with van der Waals surface area (Å²) in [5.41, 5.74) is 0. The molecule has 0 fully saturated rings. The van der Waals surface area contributed by atoms with Crippen LogP contribution >= 0.6 is 0 Å². The van der Waals surface area contributed by atoms with E-state index in [0.29, 0.717) is 0 Å². The summed E-state index contributed by atoms with van der Waals surface area (Å²) in [6, 6.07) is 0. The van der Waals surface area contributed by atoms with Crippen molar-refractivity contribution in [1.29, 1.82) is 0 Å². The van der Waals surface area contributed by atoms with E-state index in [1.54, 1.807) is 6.92 Å². The Kier molecular flexibility index (Phi) is 3.69. The third kappa shape index (κ3) is 3.34. The van der Waals surface area contributed by atoms with Gasteiger partial charge in [0.25, 0.3) is 0 Å². The van der Waals surface area contributed by atoms with Crippen LogP contribution in [0.4, 0.5) is 4.79 Å². The van der Waals surface area contributed by atoms with Crippen LogP contribution in [0.1, 0.15) is 6.92 Å². The van der Waals surface area contributed by atoms with Gasteiger partial charge in [-0.05, 0) is 6.92 Å². The summed E-state index contributed by atoms with van der Waals surface area (Å²) in [5, 5.41) is 8.44. The lowest BCUT2D eigenvalue weighted by molar-refractivity contribution is -0.809. The molecule has 0 bridgehead atoms. The molecule has 0 spiro atoms. The molecule has 0 aliphatic heterocycles. The molecule has 0 aromatic rings. The summed E-state index contributed by atoms with van der Waals surface area (Å²) in [4.78, 5) is 21.4. The molecular weight excluding hydrogens is 162 g/mol. The molecule has 5 heteroatoms. The van der Waals surface area contributed by atoms with E-state index in [0.717, 1.165) is 0 Å². The summed E-state index contributed by atoms with van der Waals surface area (Å²) < 4.78 is 4.39. The van der Waals surface area contributed by atoms with Crippen molar-refractivity contribution in [1.82, 2.24) is 0 Å². The van der Waals surface area contributed by atoms with E-state index in [-0.39, 0.29) is 17.6 Å². The first kappa shape index (κ1) is 10.9.